The summed E-state index contributed by atoms with van der Waals surface area (Å²) in [5, 5.41) is 13.4. The summed E-state index contributed by atoms with van der Waals surface area (Å²) < 4.78 is 10.4. The zero-order valence-corrected chi connectivity index (χ0v) is 14.2. The van der Waals surface area contributed by atoms with E-state index < -0.39 is 5.97 Å². The second-order valence-electron chi connectivity index (χ2n) is 5.58. The molecule has 0 atom stereocenters. The summed E-state index contributed by atoms with van der Waals surface area (Å²) in [5.74, 6) is 0.0839. The molecule has 0 unspecified atom stereocenters. The van der Waals surface area contributed by atoms with Crippen molar-refractivity contribution in [2.75, 3.05) is 12.4 Å². The third-order valence-corrected chi connectivity index (χ3v) is 3.92. The molecule has 4 heterocycles. The highest BCUT2D eigenvalue weighted by atomic mass is 16.5. The number of ether oxygens (including phenoxy) is 1. The van der Waals surface area contributed by atoms with E-state index in [1.165, 1.54) is 7.11 Å². The zero-order valence-electron chi connectivity index (χ0n) is 14.2. The van der Waals surface area contributed by atoms with Gasteiger partial charge in [-0.25, -0.2) is 19.8 Å². The molecule has 0 saturated carbocycles. The van der Waals surface area contributed by atoms with E-state index in [9.17, 15) is 9.90 Å². The maximum atomic E-state index is 12.1. The van der Waals surface area contributed by atoms with Crippen molar-refractivity contribution in [1.29, 1.82) is 0 Å². The van der Waals surface area contributed by atoms with Crippen LogP contribution in [0.15, 0.2) is 52.1 Å². The number of fused-ring (bicyclic) bond motifs is 1. The molecule has 8 nitrogen and oxygen atoms in total. The van der Waals surface area contributed by atoms with Crippen molar-refractivity contribution in [3.8, 4) is 5.75 Å². The van der Waals surface area contributed by atoms with Crippen molar-refractivity contribution in [2.24, 2.45) is 4.99 Å². The van der Waals surface area contributed by atoms with Gasteiger partial charge in [-0.1, -0.05) is 6.07 Å². The number of esters is 1. The predicted molar refractivity (Wildman–Crippen MR) is 99.5 cm³/mol. The van der Waals surface area contributed by atoms with Gasteiger partial charge in [0.15, 0.2) is 22.9 Å². The van der Waals surface area contributed by atoms with E-state index in [0.29, 0.717) is 17.2 Å². The van der Waals surface area contributed by atoms with E-state index in [1.54, 1.807) is 48.9 Å². The van der Waals surface area contributed by atoms with Gasteiger partial charge in [-0.3, -0.25) is 0 Å². The third-order valence-electron chi connectivity index (χ3n) is 3.92. The fourth-order valence-corrected chi connectivity index (χ4v) is 2.65. The van der Waals surface area contributed by atoms with Crippen LogP contribution in [0, 0.1) is 0 Å². The standard InChI is InChI=1S/C19H14N4O4/c1-26-19(25)15-16(24)13(27-18(15)23-14-6-2-3-7-20-14)9-11-10-22-17-12(11)5-4-8-21-17/h2-10,24H,1H3,(H,20,23). The Kier molecular flexibility index (Phi) is 4.13. The van der Waals surface area contributed by atoms with Crippen molar-refractivity contribution in [3.63, 3.8) is 0 Å². The molecule has 8 heteroatoms. The predicted octanol–water partition coefficient (Wildman–Crippen LogP) is 3.56. The van der Waals surface area contributed by atoms with Gasteiger partial charge in [0, 0.05) is 29.7 Å². The van der Waals surface area contributed by atoms with Crippen molar-refractivity contribution in [3.05, 3.63) is 59.6 Å². The molecule has 0 fully saturated rings. The lowest BCUT2D eigenvalue weighted by Crippen LogP contribution is -2.04. The fourth-order valence-electron chi connectivity index (χ4n) is 2.65. The number of methoxy groups -OCH3 is 1. The number of allylic oxidation sites excluding steroid dienone is 1. The molecule has 27 heavy (non-hydrogen) atoms. The highest BCUT2D eigenvalue weighted by Gasteiger charge is 2.27. The van der Waals surface area contributed by atoms with Crippen molar-refractivity contribution >= 4 is 41.4 Å². The van der Waals surface area contributed by atoms with Gasteiger partial charge in [0.05, 0.1) is 7.11 Å². The van der Waals surface area contributed by atoms with Crippen molar-refractivity contribution in [1.82, 2.24) is 9.97 Å². The van der Waals surface area contributed by atoms with Crippen LogP contribution in [0.25, 0.3) is 11.6 Å². The van der Waals surface area contributed by atoms with Gasteiger partial charge in [0.2, 0.25) is 5.88 Å². The number of carbonyl (C=O) groups is 1. The molecule has 0 spiro atoms. The van der Waals surface area contributed by atoms with Crippen molar-refractivity contribution < 1.29 is 19.1 Å². The molecule has 134 valence electrons. The number of furan rings is 1. The summed E-state index contributed by atoms with van der Waals surface area (Å²) in [4.78, 5) is 24.6. The number of rotatable bonds is 4. The number of hydrogen-bond acceptors (Lipinski definition) is 8. The van der Waals surface area contributed by atoms with Crippen LogP contribution in [-0.2, 0) is 4.74 Å². The molecule has 3 aromatic heterocycles. The monoisotopic (exact) mass is 362 g/mol. The Morgan fingerprint density at radius 2 is 2.07 bits per heavy atom. The Labute approximate surface area is 153 Å². The fraction of sp³-hybridized carbons (Fsp3) is 0.0526. The number of aromatic hydroxyl groups is 1. The Balaban J connectivity index is 1.77. The van der Waals surface area contributed by atoms with Crippen LogP contribution >= 0.6 is 0 Å². The maximum Gasteiger partial charge on any atom is 0.347 e. The quantitative estimate of drug-likeness (QED) is 0.683. The van der Waals surface area contributed by atoms with Gasteiger partial charge in [-0.2, -0.15) is 0 Å². The molecule has 0 bridgehead atoms. The number of carbonyl (C=O) groups excluding carboxylic acids is 1. The lowest BCUT2D eigenvalue weighted by Gasteiger charge is -2.03. The van der Waals surface area contributed by atoms with E-state index in [0.717, 1.165) is 5.56 Å². The van der Waals surface area contributed by atoms with Gasteiger partial charge in [0.25, 0.3) is 0 Å². The first-order chi connectivity index (χ1) is 13.2. The first-order valence-corrected chi connectivity index (χ1v) is 8.00. The normalized spacial score (nSPS) is 13.6. The third kappa shape index (κ3) is 3.04. The Morgan fingerprint density at radius 1 is 1.22 bits per heavy atom. The number of nitrogens with one attached hydrogen (secondary N) is 1. The van der Waals surface area contributed by atoms with E-state index in [4.69, 9.17) is 9.15 Å². The molecule has 1 aliphatic rings. The van der Waals surface area contributed by atoms with Crippen LogP contribution in [0.1, 0.15) is 21.7 Å². The molecule has 3 aromatic rings. The van der Waals surface area contributed by atoms with Crippen LogP contribution in [0.3, 0.4) is 0 Å². The zero-order chi connectivity index (χ0) is 18.8. The number of nitrogens with zero attached hydrogens (tertiary/aromatic N) is 3. The highest BCUT2D eigenvalue weighted by Crippen LogP contribution is 2.39. The number of anilines is 2. The molecule has 0 radical (unpaired) electrons. The van der Waals surface area contributed by atoms with Crippen LogP contribution < -0.4 is 5.32 Å². The Hall–Kier alpha value is -3.94. The van der Waals surface area contributed by atoms with Gasteiger partial charge < -0.3 is 19.6 Å². The summed E-state index contributed by atoms with van der Waals surface area (Å²) >= 11 is 0. The number of aromatic nitrogens is 2. The highest BCUT2D eigenvalue weighted by molar-refractivity contribution is 6.21. The van der Waals surface area contributed by atoms with E-state index in [-0.39, 0.29) is 23.0 Å². The van der Waals surface area contributed by atoms with Gasteiger partial charge in [-0.15, -0.1) is 0 Å². The van der Waals surface area contributed by atoms with Crippen molar-refractivity contribution in [2.45, 2.75) is 0 Å². The van der Waals surface area contributed by atoms with E-state index >= 15 is 0 Å². The topological polar surface area (TPSA) is 110 Å². The van der Waals surface area contributed by atoms with Crippen LogP contribution in [-0.4, -0.2) is 34.4 Å². The lowest BCUT2D eigenvalue weighted by atomic mass is 10.1. The molecular weight excluding hydrogens is 348 g/mol. The van der Waals surface area contributed by atoms with Crippen LogP contribution in [0.2, 0.25) is 0 Å². The van der Waals surface area contributed by atoms with E-state index in [2.05, 4.69) is 20.3 Å². The molecule has 0 amide bonds. The van der Waals surface area contributed by atoms with Gasteiger partial charge in [-0.05, 0) is 30.3 Å². The average molecular weight is 362 g/mol. The Morgan fingerprint density at radius 3 is 2.85 bits per heavy atom. The minimum atomic E-state index is -0.735. The first-order valence-electron chi connectivity index (χ1n) is 8.00. The van der Waals surface area contributed by atoms with Crippen LogP contribution in [0.5, 0.6) is 5.75 Å². The molecular formula is C19H14N4O4. The Bertz CT molecular complexity index is 1070. The molecule has 0 saturated heterocycles. The van der Waals surface area contributed by atoms with Gasteiger partial charge >= 0.3 is 5.97 Å². The lowest BCUT2D eigenvalue weighted by molar-refractivity contribution is 0.0598. The van der Waals surface area contributed by atoms with E-state index in [1.807, 2.05) is 6.07 Å². The summed E-state index contributed by atoms with van der Waals surface area (Å²) in [6, 6.07) is 8.88. The molecule has 1 aliphatic heterocycles. The van der Waals surface area contributed by atoms with Gasteiger partial charge in [0.1, 0.15) is 5.82 Å². The largest absolute Gasteiger partial charge is 0.504 e. The molecule has 2 N–H and O–H groups in total. The molecule has 0 aliphatic carbocycles. The number of aliphatic imine (C=N–C) groups is 1. The number of pyridine rings is 2. The summed E-state index contributed by atoms with van der Waals surface area (Å²) in [6.45, 7) is 0. The average Bonchev–Trinajstić information content (AvgIpc) is 3.24. The second kappa shape index (κ2) is 6.75. The smallest absolute Gasteiger partial charge is 0.347 e. The summed E-state index contributed by atoms with van der Waals surface area (Å²) in [5.41, 5.74) is 1.38. The molecule has 0 aromatic carbocycles. The SMILES string of the molecule is COC(=O)c1c(Nc2ccccn2)oc(C=C2C=Nc3ncccc32)c1O. The molecule has 4 rings (SSSR count). The maximum absolute atomic E-state index is 12.1. The first kappa shape index (κ1) is 16.5. The van der Waals surface area contributed by atoms with Crippen LogP contribution in [0.4, 0.5) is 17.5 Å². The summed E-state index contributed by atoms with van der Waals surface area (Å²) in [6.07, 6.45) is 6.43. The minimum Gasteiger partial charge on any atom is -0.504 e. The number of hydrogen-bond donors (Lipinski definition) is 2. The summed E-state index contributed by atoms with van der Waals surface area (Å²) in [7, 11) is 1.23. The second-order valence-corrected chi connectivity index (χ2v) is 5.58. The minimum absolute atomic E-state index is 0.0336.